The second kappa shape index (κ2) is 8.09. The molecule has 0 N–H and O–H groups in total. The van der Waals surface area contributed by atoms with Crippen molar-refractivity contribution in [2.24, 2.45) is 5.92 Å². The van der Waals surface area contributed by atoms with Crippen LogP contribution >= 0.6 is 7.14 Å². The second-order valence-electron chi connectivity index (χ2n) is 5.96. The third kappa shape index (κ3) is 6.46. The Morgan fingerprint density at radius 2 is 1.73 bits per heavy atom. The molecule has 0 bridgehead atoms. The molecule has 0 aromatic carbocycles. The van der Waals surface area contributed by atoms with E-state index in [0.29, 0.717) is 12.8 Å². The van der Waals surface area contributed by atoms with Gasteiger partial charge in [-0.2, -0.15) is 0 Å². The third-order valence-corrected chi connectivity index (χ3v) is 4.58. The van der Waals surface area contributed by atoms with Crippen LogP contribution in [-0.2, 0) is 33.1 Å². The molecule has 1 saturated heterocycles. The first-order valence-corrected chi connectivity index (χ1v) is 10.0. The summed E-state index contributed by atoms with van der Waals surface area (Å²) < 4.78 is 32.9. The lowest BCUT2D eigenvalue weighted by Crippen LogP contribution is -2.34. The fraction of sp³-hybridized carbons (Fsp3) is 0.857. The molecule has 1 heterocycles. The highest BCUT2D eigenvalue weighted by molar-refractivity contribution is 7.62. The van der Waals surface area contributed by atoms with Gasteiger partial charge in [-0.05, 0) is 13.3 Å². The molecule has 1 fully saturated rings. The minimum Gasteiger partial charge on any atom is -0.455 e. The molecule has 2 unspecified atom stereocenters. The Kier molecular flexibility index (Phi) is 7.03. The summed E-state index contributed by atoms with van der Waals surface area (Å²) in [6, 6.07) is 0. The number of rotatable bonds is 7. The SMILES string of the molecule is CC(=O)OC1O[C@H](COCCP(C)(C)=O)[C@@H](C)C1OC(C)=O. The highest BCUT2D eigenvalue weighted by atomic mass is 31.2. The van der Waals surface area contributed by atoms with E-state index >= 15 is 0 Å². The van der Waals surface area contributed by atoms with E-state index in [1.54, 1.807) is 13.3 Å². The Bertz CT molecular complexity index is 444. The molecule has 22 heavy (non-hydrogen) atoms. The molecule has 0 aromatic rings. The predicted octanol–water partition coefficient (Wildman–Crippen LogP) is 1.48. The number of hydrogen-bond acceptors (Lipinski definition) is 7. The standard InChI is InChI=1S/C14H25O7P/c1-9-12(8-18-6-7-22(4,5)17)21-14(20-11(3)16)13(9)19-10(2)15/h9,12-14H,6-8H2,1-5H3/t9-,12-,13?,14?/m1/s1. The zero-order valence-corrected chi connectivity index (χ0v) is 14.6. The van der Waals surface area contributed by atoms with Crippen molar-refractivity contribution < 1.29 is 33.1 Å². The normalized spacial score (nSPS) is 28.4. The van der Waals surface area contributed by atoms with Crippen LogP contribution in [0.3, 0.4) is 0 Å². The summed E-state index contributed by atoms with van der Waals surface area (Å²) in [7, 11) is -2.11. The van der Waals surface area contributed by atoms with E-state index in [4.69, 9.17) is 18.9 Å². The number of carbonyl (C=O) groups is 2. The lowest BCUT2D eigenvalue weighted by molar-refractivity contribution is -0.196. The minimum absolute atomic E-state index is 0.177. The smallest absolute Gasteiger partial charge is 0.305 e. The largest absolute Gasteiger partial charge is 0.455 e. The molecule has 0 spiro atoms. The third-order valence-electron chi connectivity index (χ3n) is 3.32. The van der Waals surface area contributed by atoms with Crippen LogP contribution in [-0.4, -0.2) is 63.1 Å². The van der Waals surface area contributed by atoms with E-state index in [9.17, 15) is 14.2 Å². The Morgan fingerprint density at radius 1 is 1.14 bits per heavy atom. The van der Waals surface area contributed by atoms with E-state index in [1.165, 1.54) is 13.8 Å². The molecule has 8 heteroatoms. The van der Waals surface area contributed by atoms with E-state index in [2.05, 4.69) is 0 Å². The van der Waals surface area contributed by atoms with E-state index in [-0.39, 0.29) is 18.6 Å². The molecule has 1 aliphatic heterocycles. The molecular weight excluding hydrogens is 311 g/mol. The van der Waals surface area contributed by atoms with Gasteiger partial charge in [-0.3, -0.25) is 9.59 Å². The Morgan fingerprint density at radius 3 is 2.23 bits per heavy atom. The first-order chi connectivity index (χ1) is 10.1. The van der Waals surface area contributed by atoms with Gasteiger partial charge in [-0.25, -0.2) is 0 Å². The molecule has 0 amide bonds. The van der Waals surface area contributed by atoms with Gasteiger partial charge in [0.2, 0.25) is 6.29 Å². The average molecular weight is 336 g/mol. The first kappa shape index (κ1) is 19.1. The summed E-state index contributed by atoms with van der Waals surface area (Å²) in [5, 5.41) is 0. The molecule has 4 atom stereocenters. The summed E-state index contributed by atoms with van der Waals surface area (Å²) in [6.45, 7) is 8.45. The van der Waals surface area contributed by atoms with Crippen molar-refractivity contribution in [2.75, 3.05) is 32.7 Å². The Labute approximate surface area is 131 Å². The highest BCUT2D eigenvalue weighted by Gasteiger charge is 2.46. The molecule has 128 valence electrons. The van der Waals surface area contributed by atoms with Crippen LogP contribution in [0.25, 0.3) is 0 Å². The monoisotopic (exact) mass is 336 g/mol. The highest BCUT2D eigenvalue weighted by Crippen LogP contribution is 2.35. The summed E-state index contributed by atoms with van der Waals surface area (Å²) in [4.78, 5) is 22.3. The van der Waals surface area contributed by atoms with Gasteiger partial charge in [0.05, 0.1) is 26.5 Å². The minimum atomic E-state index is -2.11. The van der Waals surface area contributed by atoms with Crippen molar-refractivity contribution in [2.45, 2.75) is 39.3 Å². The van der Waals surface area contributed by atoms with Gasteiger partial charge in [0.25, 0.3) is 0 Å². The van der Waals surface area contributed by atoms with Crippen molar-refractivity contribution in [1.29, 1.82) is 0 Å². The van der Waals surface area contributed by atoms with Crippen molar-refractivity contribution >= 4 is 19.1 Å². The lowest BCUT2D eigenvalue weighted by atomic mass is 10.0. The van der Waals surface area contributed by atoms with E-state index < -0.39 is 31.5 Å². The number of carbonyl (C=O) groups excluding carboxylic acids is 2. The van der Waals surface area contributed by atoms with Crippen molar-refractivity contribution in [1.82, 2.24) is 0 Å². The average Bonchev–Trinajstić information content (AvgIpc) is 2.61. The molecule has 0 aromatic heterocycles. The molecule has 0 radical (unpaired) electrons. The molecule has 1 aliphatic rings. The molecule has 0 aliphatic carbocycles. The van der Waals surface area contributed by atoms with Crippen LogP contribution in [0.2, 0.25) is 0 Å². The van der Waals surface area contributed by atoms with Crippen molar-refractivity contribution in [3.63, 3.8) is 0 Å². The van der Waals surface area contributed by atoms with Gasteiger partial charge in [-0.15, -0.1) is 0 Å². The van der Waals surface area contributed by atoms with Crippen LogP contribution in [0.15, 0.2) is 0 Å². The summed E-state index contributed by atoms with van der Waals surface area (Å²) in [5.41, 5.74) is 0. The molecule has 0 saturated carbocycles. The van der Waals surface area contributed by atoms with Crippen LogP contribution in [0.4, 0.5) is 0 Å². The maximum absolute atomic E-state index is 11.6. The second-order valence-corrected chi connectivity index (χ2v) is 9.55. The summed E-state index contributed by atoms with van der Waals surface area (Å²) >= 11 is 0. The molecular formula is C14H25O7P. The van der Waals surface area contributed by atoms with Crippen LogP contribution in [0, 0.1) is 5.92 Å². The van der Waals surface area contributed by atoms with Crippen LogP contribution in [0.1, 0.15) is 20.8 Å². The predicted molar refractivity (Wildman–Crippen MR) is 80.3 cm³/mol. The van der Waals surface area contributed by atoms with Gasteiger partial charge >= 0.3 is 11.9 Å². The lowest BCUT2D eigenvalue weighted by Gasteiger charge is -2.20. The van der Waals surface area contributed by atoms with Gasteiger partial charge in [0.1, 0.15) is 0 Å². The van der Waals surface area contributed by atoms with Crippen LogP contribution in [0.5, 0.6) is 0 Å². The van der Waals surface area contributed by atoms with Gasteiger partial charge in [-0.1, -0.05) is 6.92 Å². The zero-order chi connectivity index (χ0) is 16.9. The van der Waals surface area contributed by atoms with E-state index in [1.807, 2.05) is 6.92 Å². The molecule has 1 rings (SSSR count). The topological polar surface area (TPSA) is 88.1 Å². The maximum Gasteiger partial charge on any atom is 0.305 e. The van der Waals surface area contributed by atoms with Crippen molar-refractivity contribution in [3.8, 4) is 0 Å². The van der Waals surface area contributed by atoms with Gasteiger partial charge < -0.3 is 23.5 Å². The Balaban J connectivity index is 2.55. The van der Waals surface area contributed by atoms with Crippen molar-refractivity contribution in [3.05, 3.63) is 0 Å². The summed E-state index contributed by atoms with van der Waals surface area (Å²) in [6.07, 6.45) is -1.44. The quantitative estimate of drug-likeness (QED) is 0.395. The number of hydrogen-bond donors (Lipinski definition) is 0. The summed E-state index contributed by atoms with van der Waals surface area (Å²) in [5.74, 6) is -1.14. The Hall–Kier alpha value is -0.910. The number of ether oxygens (including phenoxy) is 4. The number of esters is 2. The zero-order valence-electron chi connectivity index (χ0n) is 13.7. The first-order valence-electron chi connectivity index (χ1n) is 7.22. The van der Waals surface area contributed by atoms with Gasteiger partial charge in [0, 0.05) is 25.9 Å². The maximum atomic E-state index is 11.6. The fourth-order valence-electron chi connectivity index (χ4n) is 2.12. The fourth-order valence-corrected chi connectivity index (χ4v) is 2.69. The van der Waals surface area contributed by atoms with Crippen LogP contribution < -0.4 is 0 Å². The van der Waals surface area contributed by atoms with E-state index in [0.717, 1.165) is 0 Å². The molecule has 7 nitrogen and oxygen atoms in total. The van der Waals surface area contributed by atoms with Gasteiger partial charge in [0.15, 0.2) is 6.10 Å².